The van der Waals surface area contributed by atoms with Gasteiger partial charge in [0.1, 0.15) is 6.07 Å². The van der Waals surface area contributed by atoms with Gasteiger partial charge >= 0.3 is 5.97 Å². The third kappa shape index (κ3) is 2.16. The molecule has 0 spiro atoms. The highest BCUT2D eigenvalue weighted by Crippen LogP contribution is 2.22. The maximum atomic E-state index is 13.8. The Bertz CT molecular complexity index is 648. The van der Waals surface area contributed by atoms with Crippen molar-refractivity contribution in [1.29, 1.82) is 5.26 Å². The zero-order chi connectivity index (χ0) is 13.2. The summed E-state index contributed by atoms with van der Waals surface area (Å²) >= 11 is 0. The number of rotatable bonds is 3. The molecular formula is C14H10FNO2. The van der Waals surface area contributed by atoms with Gasteiger partial charge in [0.2, 0.25) is 0 Å². The number of aliphatic carboxylic acids is 1. The molecule has 0 fully saturated rings. The van der Waals surface area contributed by atoms with Crippen LogP contribution in [0, 0.1) is 11.3 Å². The first-order valence-electron chi connectivity index (χ1n) is 5.36. The van der Waals surface area contributed by atoms with Crippen LogP contribution in [-0.4, -0.2) is 16.7 Å². The molecule has 90 valence electrons. The Morgan fingerprint density at radius 1 is 1.28 bits per heavy atom. The van der Waals surface area contributed by atoms with E-state index in [1.165, 1.54) is 6.07 Å². The molecule has 0 aliphatic rings. The van der Waals surface area contributed by atoms with Crippen molar-refractivity contribution < 1.29 is 14.3 Å². The zero-order valence-corrected chi connectivity index (χ0v) is 9.43. The largest absolute Gasteiger partial charge is 0.478 e. The molecule has 2 aromatic rings. The van der Waals surface area contributed by atoms with E-state index in [-0.39, 0.29) is 0 Å². The first-order valence-corrected chi connectivity index (χ1v) is 5.36. The first kappa shape index (κ1) is 12.1. The summed E-state index contributed by atoms with van der Waals surface area (Å²) in [6.45, 7) is 0. The maximum absolute atomic E-state index is 13.8. The number of alkyl halides is 1. The molecular weight excluding hydrogens is 233 g/mol. The van der Waals surface area contributed by atoms with Gasteiger partial charge in [-0.2, -0.15) is 5.26 Å². The van der Waals surface area contributed by atoms with Crippen molar-refractivity contribution in [1.82, 2.24) is 0 Å². The van der Waals surface area contributed by atoms with Crippen LogP contribution < -0.4 is 0 Å². The number of benzene rings is 2. The van der Waals surface area contributed by atoms with Gasteiger partial charge < -0.3 is 5.11 Å². The van der Waals surface area contributed by atoms with Gasteiger partial charge in [0.15, 0.2) is 0 Å². The average Bonchev–Trinajstić information content (AvgIpc) is 2.38. The topological polar surface area (TPSA) is 61.1 Å². The summed E-state index contributed by atoms with van der Waals surface area (Å²) < 4.78 is 13.8. The number of hydrogen-bond acceptors (Lipinski definition) is 2. The fourth-order valence-corrected chi connectivity index (χ4v) is 1.79. The van der Waals surface area contributed by atoms with E-state index in [9.17, 15) is 9.18 Å². The van der Waals surface area contributed by atoms with E-state index in [4.69, 9.17) is 10.4 Å². The van der Waals surface area contributed by atoms with Crippen LogP contribution in [-0.2, 0) is 11.2 Å². The van der Waals surface area contributed by atoms with E-state index in [0.717, 1.165) is 10.8 Å². The van der Waals surface area contributed by atoms with E-state index in [1.54, 1.807) is 18.2 Å². The Kier molecular flexibility index (Phi) is 2.99. The lowest BCUT2D eigenvalue weighted by molar-refractivity contribution is -0.146. The SMILES string of the molecule is N#CC(F)(Cc1ccc2ccccc2c1)C(=O)O. The van der Waals surface area contributed by atoms with Crippen molar-refractivity contribution >= 4 is 16.7 Å². The second-order valence-corrected chi connectivity index (χ2v) is 4.08. The Balaban J connectivity index is 2.38. The molecule has 0 radical (unpaired) electrons. The smallest absolute Gasteiger partial charge is 0.356 e. The van der Waals surface area contributed by atoms with Crippen molar-refractivity contribution in [2.24, 2.45) is 0 Å². The minimum Gasteiger partial charge on any atom is -0.478 e. The minimum atomic E-state index is -2.87. The average molecular weight is 243 g/mol. The van der Waals surface area contributed by atoms with Crippen molar-refractivity contribution in [2.45, 2.75) is 12.1 Å². The molecule has 0 aliphatic heterocycles. The number of nitriles is 1. The molecule has 0 saturated carbocycles. The fraction of sp³-hybridized carbons (Fsp3) is 0.143. The first-order chi connectivity index (χ1) is 8.55. The van der Waals surface area contributed by atoms with Crippen LogP contribution in [0.15, 0.2) is 42.5 Å². The normalized spacial score (nSPS) is 13.8. The zero-order valence-electron chi connectivity index (χ0n) is 9.43. The Hall–Kier alpha value is -2.41. The van der Waals surface area contributed by atoms with E-state index < -0.39 is 18.1 Å². The monoisotopic (exact) mass is 243 g/mol. The number of carbonyl (C=O) groups is 1. The molecule has 0 bridgehead atoms. The van der Waals surface area contributed by atoms with Gasteiger partial charge in [0, 0.05) is 6.42 Å². The summed E-state index contributed by atoms with van der Waals surface area (Å²) in [6, 6.07) is 13.8. The number of carboxylic acids is 1. The third-order valence-electron chi connectivity index (χ3n) is 2.78. The molecule has 2 rings (SSSR count). The van der Waals surface area contributed by atoms with Crippen LogP contribution in [0.5, 0.6) is 0 Å². The molecule has 0 amide bonds. The number of halogens is 1. The number of carboxylic acid groups (broad SMARTS) is 1. The van der Waals surface area contributed by atoms with Crippen molar-refractivity contribution in [3.05, 3.63) is 48.0 Å². The van der Waals surface area contributed by atoms with Crippen LogP contribution in [0.25, 0.3) is 10.8 Å². The standard InChI is InChI=1S/C14H10FNO2/c15-14(9-16,13(17)18)8-10-5-6-11-3-1-2-4-12(11)7-10/h1-7H,8H2,(H,17,18). The Morgan fingerprint density at radius 3 is 2.56 bits per heavy atom. The Morgan fingerprint density at radius 2 is 1.94 bits per heavy atom. The highest BCUT2D eigenvalue weighted by atomic mass is 19.1. The quantitative estimate of drug-likeness (QED) is 0.901. The van der Waals surface area contributed by atoms with Gasteiger partial charge in [-0.15, -0.1) is 0 Å². The van der Waals surface area contributed by atoms with Crippen LogP contribution in [0.1, 0.15) is 5.56 Å². The number of fused-ring (bicyclic) bond motifs is 1. The Labute approximate surface area is 103 Å². The predicted octanol–water partition coefficient (Wildman–Crippen LogP) is 2.70. The molecule has 1 N–H and O–H groups in total. The van der Waals surface area contributed by atoms with E-state index in [1.807, 2.05) is 24.3 Å². The molecule has 3 nitrogen and oxygen atoms in total. The molecule has 0 aromatic heterocycles. The summed E-state index contributed by atoms with van der Waals surface area (Å²) in [7, 11) is 0. The van der Waals surface area contributed by atoms with Crippen molar-refractivity contribution in [3.63, 3.8) is 0 Å². The van der Waals surface area contributed by atoms with Gasteiger partial charge in [0.05, 0.1) is 0 Å². The van der Waals surface area contributed by atoms with Crippen molar-refractivity contribution in [2.75, 3.05) is 0 Å². The summed E-state index contributed by atoms with van der Waals surface area (Å²) in [5.41, 5.74) is -2.39. The molecule has 1 unspecified atom stereocenters. The van der Waals surface area contributed by atoms with E-state index in [0.29, 0.717) is 5.56 Å². The second kappa shape index (κ2) is 4.46. The fourth-order valence-electron chi connectivity index (χ4n) is 1.79. The molecule has 1 atom stereocenters. The summed E-state index contributed by atoms with van der Waals surface area (Å²) in [5.74, 6) is -1.75. The van der Waals surface area contributed by atoms with Gasteiger partial charge in [0.25, 0.3) is 5.67 Å². The molecule has 0 heterocycles. The van der Waals surface area contributed by atoms with Gasteiger partial charge in [-0.3, -0.25) is 0 Å². The maximum Gasteiger partial charge on any atom is 0.356 e. The van der Waals surface area contributed by atoms with Crippen molar-refractivity contribution in [3.8, 4) is 6.07 Å². The third-order valence-corrected chi connectivity index (χ3v) is 2.78. The lowest BCUT2D eigenvalue weighted by atomic mass is 9.96. The number of hydrogen-bond donors (Lipinski definition) is 1. The number of nitrogens with zero attached hydrogens (tertiary/aromatic N) is 1. The highest BCUT2D eigenvalue weighted by molar-refractivity contribution is 5.84. The van der Waals surface area contributed by atoms with Gasteiger partial charge in [-0.05, 0) is 16.3 Å². The van der Waals surface area contributed by atoms with Crippen LogP contribution in [0.2, 0.25) is 0 Å². The molecule has 18 heavy (non-hydrogen) atoms. The van der Waals surface area contributed by atoms with Crippen LogP contribution >= 0.6 is 0 Å². The van der Waals surface area contributed by atoms with Gasteiger partial charge in [-0.1, -0.05) is 42.5 Å². The highest BCUT2D eigenvalue weighted by Gasteiger charge is 2.39. The summed E-state index contributed by atoms with van der Waals surface area (Å²) in [4.78, 5) is 10.7. The minimum absolute atomic E-state index is 0.455. The molecule has 4 heteroatoms. The predicted molar refractivity (Wildman–Crippen MR) is 64.7 cm³/mol. The molecule has 2 aromatic carbocycles. The lowest BCUT2D eigenvalue weighted by Gasteiger charge is -2.12. The lowest BCUT2D eigenvalue weighted by Crippen LogP contribution is -2.34. The van der Waals surface area contributed by atoms with Gasteiger partial charge in [-0.25, -0.2) is 9.18 Å². The molecule has 0 aliphatic carbocycles. The second-order valence-electron chi connectivity index (χ2n) is 4.08. The van der Waals surface area contributed by atoms with Crippen LogP contribution in [0.3, 0.4) is 0 Å². The summed E-state index contributed by atoms with van der Waals surface area (Å²) in [6.07, 6.45) is -0.455. The van der Waals surface area contributed by atoms with Crippen LogP contribution in [0.4, 0.5) is 4.39 Å². The van der Waals surface area contributed by atoms with E-state index >= 15 is 0 Å². The molecule has 0 saturated heterocycles. The van der Waals surface area contributed by atoms with E-state index in [2.05, 4.69) is 0 Å². The summed E-state index contributed by atoms with van der Waals surface area (Å²) in [5, 5.41) is 19.2.